The molecule has 0 amide bonds. The molecule has 0 fully saturated rings. The summed E-state index contributed by atoms with van der Waals surface area (Å²) in [5.41, 5.74) is 0.526. The summed E-state index contributed by atoms with van der Waals surface area (Å²) in [7, 11) is -3.01. The Kier molecular flexibility index (Phi) is 4.09. The van der Waals surface area contributed by atoms with Crippen molar-refractivity contribution in [2.24, 2.45) is 0 Å². The second-order valence-corrected chi connectivity index (χ2v) is 6.77. The SMILES string of the molecule is CS(=O)(=O)CCCC(=O)c1ccc2c(c1)OCCO2. The molecule has 0 saturated carbocycles. The molecular formula is C13H16O5S. The molecule has 2 rings (SSSR count). The van der Waals surface area contributed by atoms with E-state index in [2.05, 4.69) is 0 Å². The van der Waals surface area contributed by atoms with Gasteiger partial charge in [0.1, 0.15) is 23.1 Å². The maximum Gasteiger partial charge on any atom is 0.163 e. The van der Waals surface area contributed by atoms with Crippen molar-refractivity contribution in [3.63, 3.8) is 0 Å². The molecule has 1 heterocycles. The van der Waals surface area contributed by atoms with Crippen LogP contribution in [0.5, 0.6) is 11.5 Å². The van der Waals surface area contributed by atoms with Crippen LogP contribution in [-0.2, 0) is 9.84 Å². The highest BCUT2D eigenvalue weighted by Gasteiger charge is 2.15. The molecule has 0 N–H and O–H groups in total. The van der Waals surface area contributed by atoms with Crippen LogP contribution in [-0.4, -0.2) is 39.4 Å². The molecule has 5 nitrogen and oxygen atoms in total. The van der Waals surface area contributed by atoms with Gasteiger partial charge in [-0.15, -0.1) is 0 Å². The van der Waals surface area contributed by atoms with Crippen LogP contribution >= 0.6 is 0 Å². The summed E-state index contributed by atoms with van der Waals surface area (Å²) in [6.07, 6.45) is 1.72. The molecule has 6 heteroatoms. The van der Waals surface area contributed by atoms with Crippen molar-refractivity contribution in [1.29, 1.82) is 0 Å². The molecule has 19 heavy (non-hydrogen) atoms. The Balaban J connectivity index is 1.99. The van der Waals surface area contributed by atoms with Gasteiger partial charge in [0.05, 0.1) is 5.75 Å². The van der Waals surface area contributed by atoms with Gasteiger partial charge in [-0.2, -0.15) is 0 Å². The number of carbonyl (C=O) groups is 1. The predicted octanol–water partition coefficient (Wildman–Crippen LogP) is 1.47. The van der Waals surface area contributed by atoms with Gasteiger partial charge in [0, 0.05) is 18.2 Å². The maximum atomic E-state index is 11.9. The topological polar surface area (TPSA) is 69.7 Å². The minimum atomic E-state index is -3.01. The Morgan fingerprint density at radius 2 is 1.89 bits per heavy atom. The van der Waals surface area contributed by atoms with Gasteiger partial charge < -0.3 is 9.47 Å². The third-order valence-corrected chi connectivity index (χ3v) is 3.81. The van der Waals surface area contributed by atoms with Gasteiger partial charge in [-0.25, -0.2) is 8.42 Å². The lowest BCUT2D eigenvalue weighted by Gasteiger charge is -2.18. The molecule has 0 spiro atoms. The Bertz CT molecular complexity index is 577. The highest BCUT2D eigenvalue weighted by atomic mass is 32.2. The van der Waals surface area contributed by atoms with Crippen molar-refractivity contribution in [2.45, 2.75) is 12.8 Å². The first-order valence-corrected chi connectivity index (χ1v) is 8.12. The minimum Gasteiger partial charge on any atom is -0.486 e. The van der Waals surface area contributed by atoms with Gasteiger partial charge in [0.15, 0.2) is 17.3 Å². The Labute approximate surface area is 112 Å². The molecule has 0 radical (unpaired) electrons. The lowest BCUT2D eigenvalue weighted by Crippen LogP contribution is -2.16. The van der Waals surface area contributed by atoms with Crippen molar-refractivity contribution in [3.8, 4) is 11.5 Å². The van der Waals surface area contributed by atoms with Crippen molar-refractivity contribution in [3.05, 3.63) is 23.8 Å². The number of hydrogen-bond donors (Lipinski definition) is 0. The van der Waals surface area contributed by atoms with Crippen molar-refractivity contribution in [1.82, 2.24) is 0 Å². The minimum absolute atomic E-state index is 0.0310. The summed E-state index contributed by atoms with van der Waals surface area (Å²) in [5, 5.41) is 0. The first-order chi connectivity index (χ1) is 8.96. The van der Waals surface area contributed by atoms with E-state index in [1.807, 2.05) is 0 Å². The quantitative estimate of drug-likeness (QED) is 0.766. The smallest absolute Gasteiger partial charge is 0.163 e. The molecule has 0 bridgehead atoms. The van der Waals surface area contributed by atoms with Gasteiger partial charge in [0.2, 0.25) is 0 Å². The van der Waals surface area contributed by atoms with Gasteiger partial charge >= 0.3 is 0 Å². The largest absolute Gasteiger partial charge is 0.486 e. The van der Waals surface area contributed by atoms with Gasteiger partial charge in [0.25, 0.3) is 0 Å². The number of hydrogen-bond acceptors (Lipinski definition) is 5. The highest BCUT2D eigenvalue weighted by molar-refractivity contribution is 7.90. The van der Waals surface area contributed by atoms with Gasteiger partial charge in [-0.1, -0.05) is 0 Å². The number of fused-ring (bicyclic) bond motifs is 1. The summed E-state index contributed by atoms with van der Waals surface area (Å²) in [6, 6.07) is 5.03. The second-order valence-electron chi connectivity index (χ2n) is 4.52. The normalized spacial score (nSPS) is 14.2. The lowest BCUT2D eigenvalue weighted by molar-refractivity contribution is 0.0980. The predicted molar refractivity (Wildman–Crippen MR) is 70.7 cm³/mol. The molecule has 1 aromatic rings. The first kappa shape index (κ1) is 13.9. The zero-order valence-corrected chi connectivity index (χ0v) is 11.5. The summed E-state index contributed by atoms with van der Waals surface area (Å²) >= 11 is 0. The Morgan fingerprint density at radius 1 is 1.21 bits per heavy atom. The third-order valence-electron chi connectivity index (χ3n) is 2.78. The third kappa shape index (κ3) is 3.96. The maximum absolute atomic E-state index is 11.9. The molecule has 0 atom stereocenters. The Morgan fingerprint density at radius 3 is 2.58 bits per heavy atom. The van der Waals surface area contributed by atoms with Crippen LogP contribution in [0.15, 0.2) is 18.2 Å². The fraction of sp³-hybridized carbons (Fsp3) is 0.462. The van der Waals surface area contributed by atoms with Crippen LogP contribution in [0.25, 0.3) is 0 Å². The summed E-state index contributed by atoms with van der Waals surface area (Å²) in [6.45, 7) is 0.980. The molecule has 1 aliphatic heterocycles. The van der Waals surface area contributed by atoms with E-state index in [9.17, 15) is 13.2 Å². The van der Waals surface area contributed by atoms with E-state index in [4.69, 9.17) is 9.47 Å². The van der Waals surface area contributed by atoms with E-state index < -0.39 is 9.84 Å². The number of carbonyl (C=O) groups excluding carboxylic acids is 1. The monoisotopic (exact) mass is 284 g/mol. The number of ether oxygens (including phenoxy) is 2. The van der Waals surface area contributed by atoms with E-state index in [0.29, 0.717) is 36.7 Å². The molecule has 0 saturated heterocycles. The van der Waals surface area contributed by atoms with Crippen LogP contribution in [0.1, 0.15) is 23.2 Å². The Hall–Kier alpha value is -1.56. The van der Waals surface area contributed by atoms with E-state index >= 15 is 0 Å². The average Bonchev–Trinajstić information content (AvgIpc) is 2.36. The summed E-state index contributed by atoms with van der Waals surface area (Å²) in [5.74, 6) is 1.16. The van der Waals surface area contributed by atoms with Crippen LogP contribution in [0.3, 0.4) is 0 Å². The molecule has 1 aromatic carbocycles. The lowest BCUT2D eigenvalue weighted by atomic mass is 10.1. The van der Waals surface area contributed by atoms with Crippen molar-refractivity contribution < 1.29 is 22.7 Å². The summed E-state index contributed by atoms with van der Waals surface area (Å²) < 4.78 is 32.8. The van der Waals surface area contributed by atoms with Gasteiger partial charge in [-0.3, -0.25) is 4.79 Å². The molecule has 104 valence electrons. The van der Waals surface area contributed by atoms with Gasteiger partial charge in [-0.05, 0) is 24.6 Å². The highest BCUT2D eigenvalue weighted by Crippen LogP contribution is 2.31. The second kappa shape index (κ2) is 5.61. The molecule has 0 aliphatic carbocycles. The van der Waals surface area contributed by atoms with E-state index in [1.54, 1.807) is 18.2 Å². The number of benzene rings is 1. The first-order valence-electron chi connectivity index (χ1n) is 6.06. The van der Waals surface area contributed by atoms with Crippen molar-refractivity contribution in [2.75, 3.05) is 25.2 Å². The molecule has 0 aromatic heterocycles. The van der Waals surface area contributed by atoms with Crippen LogP contribution < -0.4 is 9.47 Å². The van der Waals surface area contributed by atoms with E-state index in [1.165, 1.54) is 6.26 Å². The molecule has 0 unspecified atom stereocenters. The number of rotatable bonds is 5. The average molecular weight is 284 g/mol. The molecular weight excluding hydrogens is 268 g/mol. The number of ketones is 1. The fourth-order valence-electron chi connectivity index (χ4n) is 1.86. The fourth-order valence-corrected chi connectivity index (χ4v) is 2.52. The molecule has 1 aliphatic rings. The van der Waals surface area contributed by atoms with Crippen LogP contribution in [0.4, 0.5) is 0 Å². The van der Waals surface area contributed by atoms with Crippen LogP contribution in [0, 0.1) is 0 Å². The number of Topliss-reactive ketones (excluding diaryl/α,β-unsaturated/α-hetero) is 1. The summed E-state index contributed by atoms with van der Waals surface area (Å²) in [4.78, 5) is 11.9. The number of sulfone groups is 1. The zero-order chi connectivity index (χ0) is 13.9. The van der Waals surface area contributed by atoms with Crippen LogP contribution in [0.2, 0.25) is 0 Å². The van der Waals surface area contributed by atoms with E-state index in [-0.39, 0.29) is 18.0 Å². The van der Waals surface area contributed by atoms with Crippen molar-refractivity contribution >= 4 is 15.6 Å². The zero-order valence-electron chi connectivity index (χ0n) is 10.7. The standard InChI is InChI=1S/C13H16O5S/c1-19(15,16)8-2-3-11(14)10-4-5-12-13(9-10)18-7-6-17-12/h4-5,9H,2-3,6-8H2,1H3. The van der Waals surface area contributed by atoms with E-state index in [0.717, 1.165) is 0 Å².